The van der Waals surface area contributed by atoms with E-state index >= 15 is 0 Å². The van der Waals surface area contributed by atoms with Crippen molar-refractivity contribution in [2.75, 3.05) is 23.4 Å². The zero-order valence-corrected chi connectivity index (χ0v) is 16.4. The molecule has 0 aliphatic heterocycles. The average Bonchev–Trinajstić information content (AvgIpc) is 3.56. The Morgan fingerprint density at radius 3 is 2.57 bits per heavy atom. The van der Waals surface area contributed by atoms with Gasteiger partial charge in [0.1, 0.15) is 11.6 Å². The lowest BCUT2D eigenvalue weighted by Crippen LogP contribution is -2.14. The Hall–Kier alpha value is -3.45. The normalized spacial score (nSPS) is 13.2. The summed E-state index contributed by atoms with van der Waals surface area (Å²) < 4.78 is 20.0. The van der Waals surface area contributed by atoms with Crippen LogP contribution in [0.3, 0.4) is 0 Å². The highest BCUT2D eigenvalue weighted by atomic mass is 19.1. The molecule has 0 saturated heterocycles. The van der Waals surface area contributed by atoms with Gasteiger partial charge in [-0.15, -0.1) is 0 Å². The molecule has 6 nitrogen and oxygen atoms in total. The van der Waals surface area contributed by atoms with Crippen LogP contribution < -0.4 is 16.8 Å². The molecule has 5 N–H and O–H groups in total. The van der Waals surface area contributed by atoms with Crippen molar-refractivity contribution in [1.82, 2.24) is 4.98 Å². The first-order valence-corrected chi connectivity index (χ1v) is 9.79. The third-order valence-electron chi connectivity index (χ3n) is 5.00. The van der Waals surface area contributed by atoms with E-state index in [1.54, 1.807) is 30.3 Å². The number of anilines is 3. The minimum Gasteiger partial charge on any atom is -0.396 e. The van der Waals surface area contributed by atoms with Crippen LogP contribution in [0.1, 0.15) is 28.8 Å². The molecule has 0 radical (unpaired) electrons. The smallest absolute Gasteiger partial charge is 0.258 e. The van der Waals surface area contributed by atoms with E-state index in [0.29, 0.717) is 35.2 Å². The van der Waals surface area contributed by atoms with Crippen LogP contribution in [0.4, 0.5) is 21.6 Å². The summed E-state index contributed by atoms with van der Waals surface area (Å²) in [6.07, 6.45) is 2.51. The van der Waals surface area contributed by atoms with Crippen molar-refractivity contribution in [3.8, 4) is 11.3 Å². The molecule has 0 unspecified atom stereocenters. The number of carbonyl (C=O) groups is 1. The van der Waals surface area contributed by atoms with Gasteiger partial charge in [0.25, 0.3) is 5.91 Å². The quantitative estimate of drug-likeness (QED) is 0.545. The predicted molar refractivity (Wildman–Crippen MR) is 115 cm³/mol. The number of ether oxygens (including phenoxy) is 1. The first kappa shape index (κ1) is 19.8. The minimum absolute atomic E-state index is 0.0819. The number of carbonyl (C=O) groups excluding carboxylic acids is 1. The van der Waals surface area contributed by atoms with Crippen molar-refractivity contribution in [3.63, 3.8) is 0 Å². The van der Waals surface area contributed by atoms with Gasteiger partial charge in [-0.05, 0) is 66.8 Å². The summed E-state index contributed by atoms with van der Waals surface area (Å²) in [4.78, 5) is 16.8. The Bertz CT molecular complexity index is 1070. The van der Waals surface area contributed by atoms with Gasteiger partial charge in [-0.2, -0.15) is 0 Å². The number of nitrogens with zero attached hydrogens (tertiary/aromatic N) is 1. The van der Waals surface area contributed by atoms with Crippen LogP contribution in [0.5, 0.6) is 0 Å². The molecule has 0 atom stereocenters. The van der Waals surface area contributed by atoms with Crippen LogP contribution >= 0.6 is 0 Å². The SMILES string of the molecule is Nc1ccc(-c2ccc(F)c(C(=O)Nc3ccc(COCC4CC4)cc3)c2)nc1N. The van der Waals surface area contributed by atoms with Gasteiger partial charge in [-0.3, -0.25) is 4.79 Å². The number of halogens is 1. The summed E-state index contributed by atoms with van der Waals surface area (Å²) in [7, 11) is 0. The van der Waals surface area contributed by atoms with Crippen LogP contribution in [-0.4, -0.2) is 17.5 Å². The topological polar surface area (TPSA) is 103 Å². The van der Waals surface area contributed by atoms with E-state index in [9.17, 15) is 9.18 Å². The molecule has 2 aromatic carbocycles. The molecule has 1 heterocycles. The summed E-state index contributed by atoms with van der Waals surface area (Å²) in [5, 5.41) is 2.72. The summed E-state index contributed by atoms with van der Waals surface area (Å²) in [6, 6.07) is 14.8. The van der Waals surface area contributed by atoms with Gasteiger partial charge in [0.15, 0.2) is 0 Å². The van der Waals surface area contributed by atoms with Crippen LogP contribution in [0, 0.1) is 11.7 Å². The maximum atomic E-state index is 14.3. The fourth-order valence-electron chi connectivity index (χ4n) is 3.02. The molecule has 4 rings (SSSR count). The molecule has 30 heavy (non-hydrogen) atoms. The molecular formula is C23H23FN4O2. The van der Waals surface area contributed by atoms with E-state index in [1.165, 1.54) is 25.0 Å². The third-order valence-corrected chi connectivity index (χ3v) is 5.00. The Balaban J connectivity index is 1.45. The van der Waals surface area contributed by atoms with E-state index in [2.05, 4.69) is 10.3 Å². The van der Waals surface area contributed by atoms with Crippen LogP contribution in [0.15, 0.2) is 54.6 Å². The standard InChI is InChI=1S/C23H23FN4O2/c24-19-8-5-16(21-10-9-20(25)22(26)28-21)11-18(19)23(29)27-17-6-3-15(4-7-17)13-30-12-14-1-2-14/h3-11,14H,1-2,12-13,25H2,(H2,26,28)(H,27,29). The molecule has 1 saturated carbocycles. The molecule has 1 aliphatic carbocycles. The van der Waals surface area contributed by atoms with Crippen molar-refractivity contribution in [1.29, 1.82) is 0 Å². The zero-order valence-electron chi connectivity index (χ0n) is 16.4. The first-order valence-electron chi connectivity index (χ1n) is 9.79. The van der Waals surface area contributed by atoms with Gasteiger partial charge in [-0.1, -0.05) is 12.1 Å². The van der Waals surface area contributed by atoms with E-state index in [0.717, 1.165) is 12.2 Å². The lowest BCUT2D eigenvalue weighted by Gasteiger charge is -2.10. The van der Waals surface area contributed by atoms with Gasteiger partial charge >= 0.3 is 0 Å². The number of hydrogen-bond acceptors (Lipinski definition) is 5. The number of pyridine rings is 1. The number of hydrogen-bond donors (Lipinski definition) is 3. The highest BCUT2D eigenvalue weighted by Crippen LogP contribution is 2.29. The summed E-state index contributed by atoms with van der Waals surface area (Å²) >= 11 is 0. The van der Waals surface area contributed by atoms with E-state index in [-0.39, 0.29) is 11.4 Å². The molecule has 1 aliphatic rings. The fourth-order valence-corrected chi connectivity index (χ4v) is 3.02. The van der Waals surface area contributed by atoms with Crippen LogP contribution in [-0.2, 0) is 11.3 Å². The lowest BCUT2D eigenvalue weighted by atomic mass is 10.1. The van der Waals surface area contributed by atoms with Crippen LogP contribution in [0.2, 0.25) is 0 Å². The summed E-state index contributed by atoms with van der Waals surface area (Å²) in [6.45, 7) is 1.34. The average molecular weight is 406 g/mol. The first-order chi connectivity index (χ1) is 14.5. The predicted octanol–water partition coefficient (Wildman–Crippen LogP) is 4.23. The Kier molecular flexibility index (Phi) is 5.63. The molecule has 154 valence electrons. The number of amides is 1. The number of nitrogens with two attached hydrogens (primary N) is 2. The molecule has 1 amide bonds. The van der Waals surface area contributed by atoms with Crippen molar-refractivity contribution in [2.45, 2.75) is 19.4 Å². The molecule has 7 heteroatoms. The van der Waals surface area contributed by atoms with Crippen molar-refractivity contribution in [3.05, 3.63) is 71.5 Å². The number of rotatable bonds is 7. The maximum absolute atomic E-state index is 14.3. The second-order valence-electron chi connectivity index (χ2n) is 7.48. The summed E-state index contributed by atoms with van der Waals surface area (Å²) in [5.74, 6) is -0.265. The van der Waals surface area contributed by atoms with E-state index < -0.39 is 11.7 Å². The molecule has 1 aromatic heterocycles. The Labute approximate surface area is 174 Å². The van der Waals surface area contributed by atoms with Gasteiger partial charge in [0, 0.05) is 17.9 Å². The van der Waals surface area contributed by atoms with Gasteiger partial charge in [0.2, 0.25) is 0 Å². The number of benzene rings is 2. The second kappa shape index (κ2) is 8.51. The molecule has 0 bridgehead atoms. The van der Waals surface area contributed by atoms with Crippen LogP contribution in [0.25, 0.3) is 11.3 Å². The molecular weight excluding hydrogens is 383 g/mol. The zero-order chi connectivity index (χ0) is 21.1. The van der Waals surface area contributed by atoms with E-state index in [4.69, 9.17) is 16.2 Å². The van der Waals surface area contributed by atoms with Crippen molar-refractivity contribution >= 4 is 23.1 Å². The molecule has 3 aromatic rings. The molecule has 1 fully saturated rings. The number of aromatic nitrogens is 1. The van der Waals surface area contributed by atoms with Gasteiger partial charge in [-0.25, -0.2) is 9.37 Å². The maximum Gasteiger partial charge on any atom is 0.258 e. The summed E-state index contributed by atoms with van der Waals surface area (Å²) in [5.41, 5.74) is 14.4. The molecule has 0 spiro atoms. The monoisotopic (exact) mass is 406 g/mol. The lowest BCUT2D eigenvalue weighted by molar-refractivity contribution is 0.102. The second-order valence-corrected chi connectivity index (χ2v) is 7.48. The minimum atomic E-state index is -0.621. The largest absolute Gasteiger partial charge is 0.396 e. The van der Waals surface area contributed by atoms with E-state index in [1.807, 2.05) is 12.1 Å². The van der Waals surface area contributed by atoms with Crippen molar-refractivity contribution in [2.24, 2.45) is 5.92 Å². The number of nitrogens with one attached hydrogen (secondary N) is 1. The number of nitrogen functional groups attached to an aromatic ring is 2. The third kappa shape index (κ3) is 4.75. The Morgan fingerprint density at radius 1 is 1.10 bits per heavy atom. The van der Waals surface area contributed by atoms with Gasteiger partial charge < -0.3 is 21.5 Å². The highest BCUT2D eigenvalue weighted by molar-refractivity contribution is 6.05. The van der Waals surface area contributed by atoms with Crippen molar-refractivity contribution < 1.29 is 13.9 Å². The Morgan fingerprint density at radius 2 is 1.87 bits per heavy atom. The van der Waals surface area contributed by atoms with Gasteiger partial charge in [0.05, 0.1) is 23.6 Å². The highest BCUT2D eigenvalue weighted by Gasteiger charge is 2.21. The fraction of sp³-hybridized carbons (Fsp3) is 0.217.